The van der Waals surface area contributed by atoms with Gasteiger partial charge in [0.15, 0.2) is 23.0 Å². The van der Waals surface area contributed by atoms with Crippen molar-refractivity contribution in [2.45, 2.75) is 6.92 Å². The molecule has 0 spiro atoms. The number of hydrogen-bond acceptors (Lipinski definition) is 10. The number of hydrogen-bond donors (Lipinski definition) is 1. The van der Waals surface area contributed by atoms with Crippen molar-refractivity contribution in [1.82, 2.24) is 24.4 Å². The minimum Gasteiger partial charge on any atom is -0.497 e. The van der Waals surface area contributed by atoms with E-state index in [-0.39, 0.29) is 0 Å². The zero-order valence-corrected chi connectivity index (χ0v) is 19.1. The van der Waals surface area contributed by atoms with Crippen LogP contribution in [0.2, 0.25) is 0 Å². The molecule has 4 aromatic rings. The molecule has 2 aromatic carbocycles. The molecule has 10 nitrogen and oxygen atoms in total. The first kappa shape index (κ1) is 21.4. The summed E-state index contributed by atoms with van der Waals surface area (Å²) in [6, 6.07) is 11.0. The minimum atomic E-state index is 0.483. The topological polar surface area (TPSA) is 105 Å². The lowest BCUT2D eigenvalue weighted by molar-refractivity contribution is 0.355. The molecule has 32 heavy (non-hydrogen) atoms. The third-order valence-corrected chi connectivity index (χ3v) is 5.38. The molecule has 0 bridgehead atoms. The van der Waals surface area contributed by atoms with E-state index in [0.717, 1.165) is 17.1 Å². The van der Waals surface area contributed by atoms with E-state index in [2.05, 4.69) is 25.0 Å². The van der Waals surface area contributed by atoms with Gasteiger partial charge < -0.3 is 24.3 Å². The Bertz CT molecular complexity index is 1220. The molecule has 2 aromatic heterocycles. The van der Waals surface area contributed by atoms with Crippen molar-refractivity contribution in [3.8, 4) is 40.2 Å². The van der Waals surface area contributed by atoms with Crippen LogP contribution in [0.4, 0.5) is 10.8 Å². The predicted molar refractivity (Wildman–Crippen MR) is 121 cm³/mol. The lowest BCUT2D eigenvalue weighted by Gasteiger charge is -2.09. The van der Waals surface area contributed by atoms with Gasteiger partial charge in [-0.15, -0.1) is 5.10 Å². The Morgan fingerprint density at radius 2 is 1.59 bits per heavy atom. The molecule has 11 heteroatoms. The molecule has 4 rings (SSSR count). The van der Waals surface area contributed by atoms with Crippen LogP contribution in [0.5, 0.6) is 23.0 Å². The van der Waals surface area contributed by atoms with E-state index in [0.29, 0.717) is 39.6 Å². The fourth-order valence-electron chi connectivity index (χ4n) is 3.10. The number of aromatic nitrogens is 5. The van der Waals surface area contributed by atoms with Crippen molar-refractivity contribution in [1.29, 1.82) is 0 Å². The van der Waals surface area contributed by atoms with Gasteiger partial charge >= 0.3 is 0 Å². The average molecular weight is 455 g/mol. The maximum absolute atomic E-state index is 5.35. The average Bonchev–Trinajstić information content (AvgIpc) is 3.44. The van der Waals surface area contributed by atoms with Gasteiger partial charge in [-0.2, -0.15) is 9.36 Å². The van der Waals surface area contributed by atoms with Gasteiger partial charge in [-0.3, -0.25) is 0 Å². The van der Waals surface area contributed by atoms with Gasteiger partial charge in [0.05, 0.1) is 39.8 Å². The lowest BCUT2D eigenvalue weighted by Crippen LogP contribution is -2.01. The molecule has 0 saturated heterocycles. The van der Waals surface area contributed by atoms with E-state index < -0.39 is 0 Å². The summed E-state index contributed by atoms with van der Waals surface area (Å²) in [5.41, 5.74) is 2.93. The molecule has 0 saturated carbocycles. The highest BCUT2D eigenvalue weighted by atomic mass is 32.1. The van der Waals surface area contributed by atoms with Crippen LogP contribution in [0, 0.1) is 6.92 Å². The highest BCUT2D eigenvalue weighted by Crippen LogP contribution is 2.32. The quantitative estimate of drug-likeness (QED) is 0.425. The Hall–Kier alpha value is -3.86. The van der Waals surface area contributed by atoms with E-state index in [1.165, 1.54) is 11.5 Å². The molecular formula is C21H22N6O4S. The van der Waals surface area contributed by atoms with Crippen LogP contribution >= 0.6 is 11.5 Å². The Kier molecular flexibility index (Phi) is 6.08. The van der Waals surface area contributed by atoms with Crippen molar-refractivity contribution in [2.75, 3.05) is 33.8 Å². The van der Waals surface area contributed by atoms with Crippen molar-refractivity contribution in [2.24, 2.45) is 0 Å². The van der Waals surface area contributed by atoms with Crippen molar-refractivity contribution < 1.29 is 18.9 Å². The second kappa shape index (κ2) is 9.10. The molecule has 0 radical (unpaired) electrons. The fourth-order valence-corrected chi connectivity index (χ4v) is 3.69. The molecule has 2 heterocycles. The number of anilines is 2. The molecular weight excluding hydrogens is 432 g/mol. The molecule has 0 amide bonds. The summed E-state index contributed by atoms with van der Waals surface area (Å²) in [4.78, 5) is 4.57. The third-order valence-electron chi connectivity index (χ3n) is 4.75. The zero-order valence-electron chi connectivity index (χ0n) is 18.2. The summed E-state index contributed by atoms with van der Waals surface area (Å²) in [5, 5.41) is 12.4. The van der Waals surface area contributed by atoms with Gasteiger partial charge in [-0.25, -0.2) is 4.68 Å². The molecule has 0 aliphatic carbocycles. The van der Waals surface area contributed by atoms with Gasteiger partial charge in [0.2, 0.25) is 5.13 Å². The van der Waals surface area contributed by atoms with Crippen LogP contribution in [0.1, 0.15) is 5.69 Å². The summed E-state index contributed by atoms with van der Waals surface area (Å²) in [5.74, 6) is 3.07. The largest absolute Gasteiger partial charge is 0.497 e. The SMILES string of the molecule is COc1cc(OC)cc(-n2nnc(-c3nsc(Nc4ccc(OC)c(OC)c4)n3)c2C)c1. The number of ether oxygens (including phenoxy) is 4. The molecule has 0 aliphatic heterocycles. The summed E-state index contributed by atoms with van der Waals surface area (Å²) in [6.07, 6.45) is 0. The highest BCUT2D eigenvalue weighted by molar-refractivity contribution is 7.09. The Morgan fingerprint density at radius 1 is 0.875 bits per heavy atom. The van der Waals surface area contributed by atoms with Gasteiger partial charge in [0.25, 0.3) is 0 Å². The van der Waals surface area contributed by atoms with Crippen molar-refractivity contribution in [3.05, 3.63) is 42.1 Å². The third kappa shape index (κ3) is 4.14. The van der Waals surface area contributed by atoms with Crippen LogP contribution in [0.15, 0.2) is 36.4 Å². The van der Waals surface area contributed by atoms with Gasteiger partial charge in [-0.05, 0) is 19.1 Å². The van der Waals surface area contributed by atoms with Crippen LogP contribution in [-0.4, -0.2) is 52.8 Å². The van der Waals surface area contributed by atoms with Crippen LogP contribution < -0.4 is 24.3 Å². The Labute approximate surface area is 188 Å². The van der Waals surface area contributed by atoms with Crippen LogP contribution in [0.25, 0.3) is 17.2 Å². The standard InChI is InChI=1S/C21H22N6O4S/c1-12-19(24-26-27(12)14-9-15(28-2)11-16(10-14)29-3)20-23-21(32-25-20)22-13-6-7-17(30-4)18(8-13)31-5/h6-11H,1-5H3,(H,22,23,25). The second-order valence-electron chi connectivity index (χ2n) is 6.62. The zero-order chi connectivity index (χ0) is 22.7. The second-order valence-corrected chi connectivity index (χ2v) is 7.38. The summed E-state index contributed by atoms with van der Waals surface area (Å²) >= 11 is 1.23. The fraction of sp³-hybridized carbons (Fsp3) is 0.238. The van der Waals surface area contributed by atoms with E-state index >= 15 is 0 Å². The predicted octanol–water partition coefficient (Wildman–Crippen LogP) is 3.87. The van der Waals surface area contributed by atoms with E-state index in [4.69, 9.17) is 18.9 Å². The van der Waals surface area contributed by atoms with E-state index in [9.17, 15) is 0 Å². The van der Waals surface area contributed by atoms with Gasteiger partial charge in [0, 0.05) is 41.5 Å². The maximum atomic E-state index is 5.35. The smallest absolute Gasteiger partial charge is 0.207 e. The normalized spacial score (nSPS) is 10.7. The molecule has 1 N–H and O–H groups in total. The monoisotopic (exact) mass is 454 g/mol. The van der Waals surface area contributed by atoms with Crippen LogP contribution in [0.3, 0.4) is 0 Å². The first-order chi connectivity index (χ1) is 15.6. The maximum Gasteiger partial charge on any atom is 0.207 e. The number of rotatable bonds is 8. The number of nitrogens with one attached hydrogen (secondary N) is 1. The summed E-state index contributed by atoms with van der Waals surface area (Å²) < 4.78 is 27.5. The first-order valence-electron chi connectivity index (χ1n) is 9.55. The molecule has 0 unspecified atom stereocenters. The van der Waals surface area contributed by atoms with Gasteiger partial charge in [-0.1, -0.05) is 5.21 Å². The van der Waals surface area contributed by atoms with E-state index in [1.807, 2.05) is 37.3 Å². The first-order valence-corrected chi connectivity index (χ1v) is 10.3. The minimum absolute atomic E-state index is 0.483. The van der Waals surface area contributed by atoms with E-state index in [1.54, 1.807) is 39.2 Å². The molecule has 0 atom stereocenters. The number of benzene rings is 2. The summed E-state index contributed by atoms with van der Waals surface area (Å²) in [7, 11) is 6.39. The van der Waals surface area contributed by atoms with Crippen molar-refractivity contribution >= 4 is 22.4 Å². The van der Waals surface area contributed by atoms with Crippen LogP contribution in [-0.2, 0) is 0 Å². The summed E-state index contributed by atoms with van der Waals surface area (Å²) in [6.45, 7) is 1.91. The van der Waals surface area contributed by atoms with Crippen molar-refractivity contribution in [3.63, 3.8) is 0 Å². The molecule has 0 fully saturated rings. The number of methoxy groups -OCH3 is 4. The Morgan fingerprint density at radius 3 is 2.25 bits per heavy atom. The Balaban J connectivity index is 1.60. The number of nitrogens with zero attached hydrogens (tertiary/aromatic N) is 5. The highest BCUT2D eigenvalue weighted by Gasteiger charge is 2.18. The molecule has 0 aliphatic rings. The molecule has 166 valence electrons. The van der Waals surface area contributed by atoms with Gasteiger partial charge in [0.1, 0.15) is 11.5 Å². The lowest BCUT2D eigenvalue weighted by atomic mass is 10.2.